The summed E-state index contributed by atoms with van der Waals surface area (Å²) in [6.07, 6.45) is 1.85. The summed E-state index contributed by atoms with van der Waals surface area (Å²) in [6, 6.07) is 10.8. The summed E-state index contributed by atoms with van der Waals surface area (Å²) in [7, 11) is -3.56. The second-order valence-electron chi connectivity index (χ2n) is 5.70. The molecule has 1 unspecified atom stereocenters. The summed E-state index contributed by atoms with van der Waals surface area (Å²) < 4.78 is 34.0. The minimum atomic E-state index is -3.56. The van der Waals surface area contributed by atoms with Crippen molar-refractivity contribution < 1.29 is 13.2 Å². The molecule has 3 rings (SSSR count). The van der Waals surface area contributed by atoms with E-state index in [0.29, 0.717) is 29.2 Å². The van der Waals surface area contributed by atoms with Crippen molar-refractivity contribution in [1.29, 1.82) is 0 Å². The molecule has 2 aromatic rings. The van der Waals surface area contributed by atoms with Crippen LogP contribution in [0.25, 0.3) is 10.8 Å². The minimum Gasteiger partial charge on any atom is -0.493 e. The van der Waals surface area contributed by atoms with E-state index in [4.69, 9.17) is 4.74 Å². The summed E-state index contributed by atoms with van der Waals surface area (Å²) >= 11 is 0. The number of hydrogen-bond donors (Lipinski definition) is 2. The van der Waals surface area contributed by atoms with E-state index in [1.807, 2.05) is 31.2 Å². The Labute approximate surface area is 149 Å². The van der Waals surface area contributed by atoms with Crippen molar-refractivity contribution >= 4 is 33.2 Å². The summed E-state index contributed by atoms with van der Waals surface area (Å²) in [5, 5.41) is 4.73. The second-order valence-corrected chi connectivity index (χ2v) is 7.39. The van der Waals surface area contributed by atoms with Crippen molar-refractivity contribution in [2.24, 2.45) is 0 Å². The van der Waals surface area contributed by atoms with Gasteiger partial charge >= 0.3 is 0 Å². The molecule has 7 heteroatoms. The molecule has 0 saturated carbocycles. The van der Waals surface area contributed by atoms with Crippen LogP contribution in [0.1, 0.15) is 19.8 Å². The van der Waals surface area contributed by atoms with Gasteiger partial charge in [-0.15, -0.1) is 12.4 Å². The highest BCUT2D eigenvalue weighted by Crippen LogP contribution is 2.31. The van der Waals surface area contributed by atoms with Crippen LogP contribution in [0.3, 0.4) is 0 Å². The van der Waals surface area contributed by atoms with Crippen LogP contribution >= 0.6 is 12.4 Å². The highest BCUT2D eigenvalue weighted by Gasteiger charge is 2.24. The van der Waals surface area contributed by atoms with Crippen molar-refractivity contribution in [2.75, 3.05) is 19.7 Å². The first kappa shape index (κ1) is 19.0. The third-order valence-electron chi connectivity index (χ3n) is 4.05. The Morgan fingerprint density at radius 1 is 1.21 bits per heavy atom. The monoisotopic (exact) mass is 370 g/mol. The molecule has 0 amide bonds. The first-order valence-corrected chi connectivity index (χ1v) is 9.47. The minimum absolute atomic E-state index is 0. The number of hydrogen-bond acceptors (Lipinski definition) is 4. The first-order chi connectivity index (χ1) is 11.1. The Balaban J connectivity index is 0.00000208. The molecule has 2 N–H and O–H groups in total. The molecule has 0 aromatic heterocycles. The number of sulfonamides is 1. The lowest BCUT2D eigenvalue weighted by Crippen LogP contribution is -2.45. The van der Waals surface area contributed by atoms with E-state index in [1.54, 1.807) is 12.1 Å². The molecule has 1 atom stereocenters. The van der Waals surface area contributed by atoms with E-state index in [0.717, 1.165) is 24.8 Å². The lowest BCUT2D eigenvalue weighted by atomic mass is 10.1. The quantitative estimate of drug-likeness (QED) is 0.849. The van der Waals surface area contributed by atoms with Crippen molar-refractivity contribution in [3.8, 4) is 5.75 Å². The number of halogens is 1. The molecule has 0 spiro atoms. The zero-order valence-corrected chi connectivity index (χ0v) is 15.3. The van der Waals surface area contributed by atoms with Crippen LogP contribution in [0.15, 0.2) is 41.3 Å². The normalized spacial score (nSPS) is 18.1. The molecular weight excluding hydrogens is 348 g/mol. The number of piperidine rings is 1. The van der Waals surface area contributed by atoms with Gasteiger partial charge in [0.05, 0.1) is 11.5 Å². The maximum Gasteiger partial charge on any atom is 0.241 e. The summed E-state index contributed by atoms with van der Waals surface area (Å²) in [5.74, 6) is 0.710. The summed E-state index contributed by atoms with van der Waals surface area (Å²) in [6.45, 7) is 4.08. The summed E-state index contributed by atoms with van der Waals surface area (Å²) in [5.41, 5.74) is 0. The van der Waals surface area contributed by atoms with Crippen molar-refractivity contribution in [3.05, 3.63) is 36.4 Å². The van der Waals surface area contributed by atoms with Gasteiger partial charge in [0.25, 0.3) is 0 Å². The van der Waals surface area contributed by atoms with Crippen LogP contribution in [-0.4, -0.2) is 34.2 Å². The van der Waals surface area contributed by atoms with E-state index in [-0.39, 0.29) is 18.4 Å². The maximum absolute atomic E-state index is 12.8. The molecule has 5 nitrogen and oxygen atoms in total. The van der Waals surface area contributed by atoms with Crippen LogP contribution in [-0.2, 0) is 10.0 Å². The Bertz CT molecular complexity index is 790. The number of nitrogens with one attached hydrogen (secondary N) is 2. The van der Waals surface area contributed by atoms with Gasteiger partial charge in [0.1, 0.15) is 5.75 Å². The van der Waals surface area contributed by atoms with Gasteiger partial charge < -0.3 is 10.1 Å². The molecule has 1 aliphatic heterocycles. The Hall–Kier alpha value is -1.34. The molecule has 0 aliphatic carbocycles. The number of rotatable bonds is 5. The lowest BCUT2D eigenvalue weighted by Gasteiger charge is -2.24. The van der Waals surface area contributed by atoms with Crippen LogP contribution < -0.4 is 14.8 Å². The smallest absolute Gasteiger partial charge is 0.241 e. The molecular formula is C17H23ClN2O3S. The molecule has 2 aromatic carbocycles. The second kappa shape index (κ2) is 8.16. The van der Waals surface area contributed by atoms with E-state index < -0.39 is 10.0 Å². The van der Waals surface area contributed by atoms with Gasteiger partial charge in [-0.25, -0.2) is 13.1 Å². The zero-order chi connectivity index (χ0) is 16.3. The number of fused-ring (bicyclic) bond motifs is 1. The van der Waals surface area contributed by atoms with Crippen LogP contribution in [0.5, 0.6) is 5.75 Å². The van der Waals surface area contributed by atoms with Crippen molar-refractivity contribution in [3.63, 3.8) is 0 Å². The molecule has 1 aliphatic rings. The van der Waals surface area contributed by atoms with Crippen LogP contribution in [0, 0.1) is 0 Å². The SMILES string of the molecule is CCOc1ccc(S(=O)(=O)NC2CCCNC2)c2ccccc12.Cl. The lowest BCUT2D eigenvalue weighted by molar-refractivity contribution is 0.344. The standard InChI is InChI=1S/C17H22N2O3S.ClH/c1-2-22-16-9-10-17(15-8-4-3-7-14(15)16)23(20,21)19-13-6-5-11-18-12-13;/h3-4,7-10,13,18-19H,2,5-6,11-12H2,1H3;1H. The Morgan fingerprint density at radius 2 is 1.96 bits per heavy atom. The maximum atomic E-state index is 12.8. The number of ether oxygens (including phenoxy) is 1. The van der Waals surface area contributed by atoms with E-state index in [9.17, 15) is 8.42 Å². The van der Waals surface area contributed by atoms with E-state index in [2.05, 4.69) is 10.0 Å². The molecule has 1 fully saturated rings. The fourth-order valence-corrected chi connectivity index (χ4v) is 4.48. The fraction of sp³-hybridized carbons (Fsp3) is 0.412. The molecule has 24 heavy (non-hydrogen) atoms. The van der Waals surface area contributed by atoms with Crippen molar-refractivity contribution in [1.82, 2.24) is 10.0 Å². The van der Waals surface area contributed by atoms with Gasteiger partial charge in [0.2, 0.25) is 10.0 Å². The van der Waals surface area contributed by atoms with E-state index in [1.165, 1.54) is 0 Å². The van der Waals surface area contributed by atoms with Gasteiger partial charge in [0.15, 0.2) is 0 Å². The Morgan fingerprint density at radius 3 is 2.62 bits per heavy atom. The predicted molar refractivity (Wildman–Crippen MR) is 98.6 cm³/mol. The largest absolute Gasteiger partial charge is 0.493 e. The van der Waals surface area contributed by atoms with Crippen LogP contribution in [0.2, 0.25) is 0 Å². The average molecular weight is 371 g/mol. The molecule has 1 heterocycles. The van der Waals surface area contributed by atoms with E-state index >= 15 is 0 Å². The average Bonchev–Trinajstić information content (AvgIpc) is 2.56. The number of benzene rings is 2. The molecule has 1 saturated heterocycles. The summed E-state index contributed by atoms with van der Waals surface area (Å²) in [4.78, 5) is 0.308. The predicted octanol–water partition coefficient (Wildman–Crippen LogP) is 2.69. The Kier molecular flexibility index (Phi) is 6.46. The van der Waals surface area contributed by atoms with Crippen molar-refractivity contribution in [2.45, 2.75) is 30.7 Å². The third kappa shape index (κ3) is 4.00. The van der Waals surface area contributed by atoms with Crippen LogP contribution in [0.4, 0.5) is 0 Å². The van der Waals surface area contributed by atoms with Gasteiger partial charge in [-0.05, 0) is 38.4 Å². The molecule has 0 bridgehead atoms. The molecule has 132 valence electrons. The van der Waals surface area contributed by atoms with Gasteiger partial charge in [-0.2, -0.15) is 0 Å². The third-order valence-corrected chi connectivity index (χ3v) is 5.63. The van der Waals surface area contributed by atoms with Gasteiger partial charge in [-0.1, -0.05) is 24.3 Å². The van der Waals surface area contributed by atoms with Gasteiger partial charge in [0, 0.05) is 23.4 Å². The highest BCUT2D eigenvalue weighted by molar-refractivity contribution is 7.89. The molecule has 0 radical (unpaired) electrons. The first-order valence-electron chi connectivity index (χ1n) is 7.99. The zero-order valence-electron chi connectivity index (χ0n) is 13.6. The fourth-order valence-electron chi connectivity index (χ4n) is 2.99. The highest BCUT2D eigenvalue weighted by atomic mass is 35.5. The topological polar surface area (TPSA) is 67.4 Å². The van der Waals surface area contributed by atoms with Gasteiger partial charge in [-0.3, -0.25) is 0 Å².